The van der Waals surface area contributed by atoms with Gasteiger partial charge in [0.2, 0.25) is 0 Å². The Labute approximate surface area is 105 Å². The number of carbonyl (C=O) groups excluding carboxylic acids is 1. The zero-order valence-electron chi connectivity index (χ0n) is 9.53. The van der Waals surface area contributed by atoms with Crippen molar-refractivity contribution in [3.63, 3.8) is 0 Å². The fraction of sp³-hybridized carbons (Fsp3) is 0.300. The highest BCUT2D eigenvalue weighted by Gasteiger charge is 2.26. The number of nitrogens with one attached hydrogen (secondary N) is 1. The maximum Gasteiger partial charge on any atom is 0.390 e. The minimum absolute atomic E-state index is 0.0462. The average molecular weight is 277 g/mol. The van der Waals surface area contributed by atoms with Gasteiger partial charge in [-0.25, -0.2) is 0 Å². The SMILES string of the molecule is Nc1ccc([N+](=O)[O-])cc1C(=O)NCCC(F)(F)F. The van der Waals surface area contributed by atoms with Crippen molar-refractivity contribution >= 4 is 17.3 Å². The zero-order chi connectivity index (χ0) is 14.6. The first-order valence-electron chi connectivity index (χ1n) is 5.09. The highest BCUT2D eigenvalue weighted by molar-refractivity contribution is 5.99. The van der Waals surface area contributed by atoms with Crippen molar-refractivity contribution in [3.8, 4) is 0 Å². The molecule has 0 aromatic heterocycles. The Hall–Kier alpha value is -2.32. The molecule has 0 aliphatic heterocycles. The highest BCUT2D eigenvalue weighted by Crippen LogP contribution is 2.20. The van der Waals surface area contributed by atoms with Gasteiger partial charge in [-0.2, -0.15) is 13.2 Å². The molecular weight excluding hydrogens is 267 g/mol. The summed E-state index contributed by atoms with van der Waals surface area (Å²) in [6.45, 7) is -0.621. The minimum Gasteiger partial charge on any atom is -0.398 e. The molecule has 6 nitrogen and oxygen atoms in total. The number of nitro groups is 1. The predicted molar refractivity (Wildman–Crippen MR) is 60.5 cm³/mol. The van der Waals surface area contributed by atoms with Gasteiger partial charge in [0.05, 0.1) is 16.9 Å². The molecule has 0 aliphatic carbocycles. The normalized spacial score (nSPS) is 11.1. The second kappa shape index (κ2) is 5.55. The van der Waals surface area contributed by atoms with Crippen molar-refractivity contribution in [2.24, 2.45) is 0 Å². The number of benzene rings is 1. The van der Waals surface area contributed by atoms with E-state index in [0.717, 1.165) is 18.2 Å². The Morgan fingerprint density at radius 3 is 2.58 bits per heavy atom. The van der Waals surface area contributed by atoms with Crippen LogP contribution < -0.4 is 11.1 Å². The number of nitrogen functional groups attached to an aromatic ring is 1. The first-order valence-corrected chi connectivity index (χ1v) is 5.09. The number of rotatable bonds is 4. The summed E-state index contributed by atoms with van der Waals surface area (Å²) in [5, 5.41) is 12.5. The smallest absolute Gasteiger partial charge is 0.390 e. The van der Waals surface area contributed by atoms with Crippen molar-refractivity contribution < 1.29 is 22.9 Å². The quantitative estimate of drug-likeness (QED) is 0.498. The van der Waals surface area contributed by atoms with Crippen LogP contribution in [-0.2, 0) is 0 Å². The molecule has 0 fully saturated rings. The Bertz CT molecular complexity index is 503. The van der Waals surface area contributed by atoms with Gasteiger partial charge in [0, 0.05) is 24.4 Å². The van der Waals surface area contributed by atoms with Crippen molar-refractivity contribution in [1.82, 2.24) is 5.32 Å². The number of non-ortho nitro benzene ring substituents is 1. The number of halogens is 3. The molecule has 1 aromatic rings. The number of carbonyl (C=O) groups is 1. The van der Waals surface area contributed by atoms with E-state index in [1.807, 2.05) is 5.32 Å². The molecule has 1 aromatic carbocycles. The largest absolute Gasteiger partial charge is 0.398 e. The van der Waals surface area contributed by atoms with E-state index >= 15 is 0 Å². The Morgan fingerprint density at radius 2 is 2.05 bits per heavy atom. The van der Waals surface area contributed by atoms with E-state index in [4.69, 9.17) is 5.73 Å². The van der Waals surface area contributed by atoms with Crippen LogP contribution in [0.4, 0.5) is 24.5 Å². The van der Waals surface area contributed by atoms with Crippen molar-refractivity contribution in [2.75, 3.05) is 12.3 Å². The van der Waals surface area contributed by atoms with Gasteiger partial charge in [-0.1, -0.05) is 0 Å². The van der Waals surface area contributed by atoms with Crippen LogP contribution in [0.1, 0.15) is 16.8 Å². The standard InChI is InChI=1S/C10H10F3N3O3/c11-10(12,13)3-4-15-9(17)7-5-6(16(18)19)1-2-8(7)14/h1-2,5H,3-4,14H2,(H,15,17). The van der Waals surface area contributed by atoms with Crippen LogP contribution in [0.3, 0.4) is 0 Å². The van der Waals surface area contributed by atoms with Gasteiger partial charge in [-0.15, -0.1) is 0 Å². The number of hydrogen-bond acceptors (Lipinski definition) is 4. The van der Waals surface area contributed by atoms with E-state index in [1.165, 1.54) is 0 Å². The summed E-state index contributed by atoms with van der Waals surface area (Å²) in [5.41, 5.74) is 4.81. The van der Waals surface area contributed by atoms with E-state index in [9.17, 15) is 28.1 Å². The second-order valence-electron chi connectivity index (χ2n) is 3.65. The van der Waals surface area contributed by atoms with Gasteiger partial charge >= 0.3 is 6.18 Å². The summed E-state index contributed by atoms with van der Waals surface area (Å²) in [7, 11) is 0. The fourth-order valence-electron chi connectivity index (χ4n) is 1.27. The summed E-state index contributed by atoms with van der Waals surface area (Å²) < 4.78 is 35.7. The summed E-state index contributed by atoms with van der Waals surface area (Å²) in [4.78, 5) is 21.3. The molecule has 0 spiro atoms. The lowest BCUT2D eigenvalue weighted by Crippen LogP contribution is -2.28. The highest BCUT2D eigenvalue weighted by atomic mass is 19.4. The van der Waals surface area contributed by atoms with Gasteiger partial charge < -0.3 is 11.1 Å². The van der Waals surface area contributed by atoms with Crippen molar-refractivity contribution in [2.45, 2.75) is 12.6 Å². The molecule has 3 N–H and O–H groups in total. The van der Waals surface area contributed by atoms with E-state index in [0.29, 0.717) is 0 Å². The molecule has 0 atom stereocenters. The van der Waals surface area contributed by atoms with Gasteiger partial charge in [0.1, 0.15) is 0 Å². The zero-order valence-corrected chi connectivity index (χ0v) is 9.53. The van der Waals surface area contributed by atoms with E-state index in [1.54, 1.807) is 0 Å². The fourth-order valence-corrected chi connectivity index (χ4v) is 1.27. The van der Waals surface area contributed by atoms with E-state index in [-0.39, 0.29) is 16.9 Å². The Balaban J connectivity index is 2.76. The molecular formula is C10H10F3N3O3. The van der Waals surface area contributed by atoms with Gasteiger partial charge in [-0.05, 0) is 6.07 Å². The number of nitro benzene ring substituents is 1. The number of anilines is 1. The molecule has 1 rings (SSSR count). The van der Waals surface area contributed by atoms with Gasteiger partial charge in [0.25, 0.3) is 11.6 Å². The number of hydrogen-bond donors (Lipinski definition) is 2. The molecule has 0 aliphatic rings. The molecule has 104 valence electrons. The minimum atomic E-state index is -4.39. The molecule has 0 saturated heterocycles. The molecule has 0 radical (unpaired) electrons. The second-order valence-corrected chi connectivity index (χ2v) is 3.65. The summed E-state index contributed by atoms with van der Waals surface area (Å²) in [5.74, 6) is -0.884. The van der Waals surface area contributed by atoms with Gasteiger partial charge in [0.15, 0.2) is 0 Å². The number of amides is 1. The van der Waals surface area contributed by atoms with Crippen LogP contribution in [0, 0.1) is 10.1 Å². The molecule has 9 heteroatoms. The van der Waals surface area contributed by atoms with Crippen LogP contribution in [0.25, 0.3) is 0 Å². The van der Waals surface area contributed by atoms with Crippen LogP contribution in [0.15, 0.2) is 18.2 Å². The summed E-state index contributed by atoms with van der Waals surface area (Å²) in [6.07, 6.45) is -5.57. The Morgan fingerprint density at radius 1 is 1.42 bits per heavy atom. The first-order chi connectivity index (χ1) is 8.70. The maximum atomic E-state index is 11.9. The number of nitrogens with zero attached hydrogens (tertiary/aromatic N) is 1. The van der Waals surface area contributed by atoms with Gasteiger partial charge in [-0.3, -0.25) is 14.9 Å². The third-order valence-corrected chi connectivity index (χ3v) is 2.19. The third-order valence-electron chi connectivity index (χ3n) is 2.19. The maximum absolute atomic E-state index is 11.9. The van der Waals surface area contributed by atoms with Crippen LogP contribution >= 0.6 is 0 Å². The van der Waals surface area contributed by atoms with Crippen LogP contribution in [-0.4, -0.2) is 23.6 Å². The number of nitrogens with two attached hydrogens (primary N) is 1. The lowest BCUT2D eigenvalue weighted by molar-refractivity contribution is -0.384. The molecule has 0 saturated carbocycles. The van der Waals surface area contributed by atoms with E-state index < -0.39 is 30.0 Å². The van der Waals surface area contributed by atoms with Crippen molar-refractivity contribution in [3.05, 3.63) is 33.9 Å². The van der Waals surface area contributed by atoms with E-state index in [2.05, 4.69) is 0 Å². The predicted octanol–water partition coefficient (Wildman–Crippen LogP) is 1.86. The molecule has 0 unspecified atom stereocenters. The molecule has 19 heavy (non-hydrogen) atoms. The third kappa shape index (κ3) is 4.45. The first kappa shape index (κ1) is 14.7. The van der Waals surface area contributed by atoms with Crippen LogP contribution in [0.5, 0.6) is 0 Å². The average Bonchev–Trinajstić information content (AvgIpc) is 2.27. The Kier molecular flexibility index (Phi) is 4.30. The monoisotopic (exact) mass is 277 g/mol. The molecule has 1 amide bonds. The number of alkyl halides is 3. The topological polar surface area (TPSA) is 98.3 Å². The summed E-state index contributed by atoms with van der Waals surface area (Å²) >= 11 is 0. The summed E-state index contributed by atoms with van der Waals surface area (Å²) in [6, 6.07) is 3.16. The lowest BCUT2D eigenvalue weighted by Gasteiger charge is -2.09. The lowest BCUT2D eigenvalue weighted by atomic mass is 10.1. The van der Waals surface area contributed by atoms with Crippen molar-refractivity contribution in [1.29, 1.82) is 0 Å². The van der Waals surface area contributed by atoms with Crippen LogP contribution in [0.2, 0.25) is 0 Å². The molecule has 0 heterocycles. The molecule has 0 bridgehead atoms.